The van der Waals surface area contributed by atoms with Gasteiger partial charge in [-0.05, 0) is 44.0 Å². The van der Waals surface area contributed by atoms with Crippen molar-refractivity contribution in [2.75, 3.05) is 30.3 Å². The summed E-state index contributed by atoms with van der Waals surface area (Å²) in [6.07, 6.45) is 1.81. The van der Waals surface area contributed by atoms with Gasteiger partial charge in [0.05, 0.1) is 12.2 Å². The Labute approximate surface area is 159 Å². The van der Waals surface area contributed by atoms with Crippen LogP contribution >= 0.6 is 0 Å². The third-order valence-electron chi connectivity index (χ3n) is 4.77. The molecule has 1 fully saturated rings. The fourth-order valence-corrected chi connectivity index (χ4v) is 3.27. The highest BCUT2D eigenvalue weighted by molar-refractivity contribution is 5.97. The summed E-state index contributed by atoms with van der Waals surface area (Å²) in [5, 5.41) is 16.1. The number of Topliss-reactive ketones (excluding diaryl/α,β-unsaturated/α-hetero) is 1. The van der Waals surface area contributed by atoms with Crippen molar-refractivity contribution in [1.29, 1.82) is 0 Å². The number of likely N-dealkylation sites (tertiary alicyclic amines) is 1. The number of hydrogen-bond acceptors (Lipinski definition) is 5. The molecule has 27 heavy (non-hydrogen) atoms. The maximum atomic E-state index is 12.3. The Balaban J connectivity index is 1.46. The van der Waals surface area contributed by atoms with Gasteiger partial charge in [0, 0.05) is 30.4 Å². The molecule has 0 aromatic heterocycles. The Bertz CT molecular complexity index is 814. The normalized spacial score (nSPS) is 15.3. The zero-order valence-electron chi connectivity index (χ0n) is 15.4. The fourth-order valence-electron chi connectivity index (χ4n) is 3.27. The highest BCUT2D eigenvalue weighted by atomic mass is 16.3. The van der Waals surface area contributed by atoms with Crippen LogP contribution in [0.15, 0.2) is 48.5 Å². The summed E-state index contributed by atoms with van der Waals surface area (Å²) < 4.78 is 0. The predicted molar refractivity (Wildman–Crippen MR) is 106 cm³/mol. The minimum Gasteiger partial charge on any atom is -0.506 e. The minimum atomic E-state index is -0.0807. The van der Waals surface area contributed by atoms with E-state index in [0.29, 0.717) is 17.8 Å². The van der Waals surface area contributed by atoms with Gasteiger partial charge in [0.25, 0.3) is 0 Å². The lowest BCUT2D eigenvalue weighted by Gasteiger charge is -2.32. The van der Waals surface area contributed by atoms with E-state index in [0.717, 1.165) is 31.6 Å². The molecule has 0 bridgehead atoms. The number of carbonyl (C=O) groups is 2. The SMILES string of the molecule is CC(=O)c1cccc(NC(=O)CN2CCC(Nc3ccccc3O)CC2)c1. The lowest BCUT2D eigenvalue weighted by Crippen LogP contribution is -2.42. The molecule has 0 unspecified atom stereocenters. The molecule has 6 nitrogen and oxygen atoms in total. The average molecular weight is 367 g/mol. The van der Waals surface area contributed by atoms with Gasteiger partial charge in [0.1, 0.15) is 5.75 Å². The van der Waals surface area contributed by atoms with Gasteiger partial charge in [0.15, 0.2) is 5.78 Å². The third-order valence-corrected chi connectivity index (χ3v) is 4.77. The molecular formula is C21H25N3O3. The minimum absolute atomic E-state index is 0.0230. The maximum Gasteiger partial charge on any atom is 0.238 e. The van der Waals surface area contributed by atoms with Crippen LogP contribution in [0.4, 0.5) is 11.4 Å². The number of para-hydroxylation sites is 2. The number of anilines is 2. The zero-order valence-corrected chi connectivity index (χ0v) is 15.4. The van der Waals surface area contributed by atoms with Crippen molar-refractivity contribution < 1.29 is 14.7 Å². The van der Waals surface area contributed by atoms with E-state index in [2.05, 4.69) is 15.5 Å². The number of ketones is 1. The Morgan fingerprint density at radius 1 is 1.11 bits per heavy atom. The van der Waals surface area contributed by atoms with Crippen molar-refractivity contribution >= 4 is 23.1 Å². The Morgan fingerprint density at radius 2 is 1.85 bits per heavy atom. The number of rotatable bonds is 6. The summed E-state index contributed by atoms with van der Waals surface area (Å²) in [5.74, 6) is 0.153. The number of nitrogens with zero attached hydrogens (tertiary/aromatic N) is 1. The number of aromatic hydroxyl groups is 1. The Kier molecular flexibility index (Phi) is 6.08. The number of amides is 1. The molecule has 0 aliphatic carbocycles. The van der Waals surface area contributed by atoms with Crippen LogP contribution in [0.25, 0.3) is 0 Å². The van der Waals surface area contributed by atoms with Gasteiger partial charge in [-0.1, -0.05) is 24.3 Å². The number of nitrogens with one attached hydrogen (secondary N) is 2. The average Bonchev–Trinajstić information content (AvgIpc) is 2.65. The van der Waals surface area contributed by atoms with Gasteiger partial charge in [-0.25, -0.2) is 0 Å². The summed E-state index contributed by atoms with van der Waals surface area (Å²) in [4.78, 5) is 25.9. The number of benzene rings is 2. The van der Waals surface area contributed by atoms with Gasteiger partial charge < -0.3 is 15.7 Å². The molecule has 0 spiro atoms. The second kappa shape index (κ2) is 8.68. The second-order valence-electron chi connectivity index (χ2n) is 6.90. The van der Waals surface area contributed by atoms with Crippen molar-refractivity contribution in [2.24, 2.45) is 0 Å². The molecule has 0 atom stereocenters. The van der Waals surface area contributed by atoms with Crippen molar-refractivity contribution in [1.82, 2.24) is 4.90 Å². The fraction of sp³-hybridized carbons (Fsp3) is 0.333. The smallest absolute Gasteiger partial charge is 0.238 e. The van der Waals surface area contributed by atoms with E-state index < -0.39 is 0 Å². The molecule has 0 saturated carbocycles. The Morgan fingerprint density at radius 3 is 2.56 bits per heavy atom. The lowest BCUT2D eigenvalue weighted by molar-refractivity contribution is -0.117. The maximum absolute atomic E-state index is 12.3. The molecule has 2 aromatic rings. The largest absolute Gasteiger partial charge is 0.506 e. The van der Waals surface area contributed by atoms with E-state index >= 15 is 0 Å². The van der Waals surface area contributed by atoms with Gasteiger partial charge in [-0.2, -0.15) is 0 Å². The number of phenols is 1. The molecule has 142 valence electrons. The van der Waals surface area contributed by atoms with Crippen LogP contribution < -0.4 is 10.6 Å². The van der Waals surface area contributed by atoms with Crippen LogP contribution in [0, 0.1) is 0 Å². The van der Waals surface area contributed by atoms with Crippen LogP contribution in [0.3, 0.4) is 0 Å². The second-order valence-corrected chi connectivity index (χ2v) is 6.90. The third kappa shape index (κ3) is 5.31. The van der Waals surface area contributed by atoms with E-state index in [9.17, 15) is 14.7 Å². The molecule has 3 N–H and O–H groups in total. The Hall–Kier alpha value is -2.86. The van der Waals surface area contributed by atoms with Crippen LogP contribution in [-0.2, 0) is 4.79 Å². The van der Waals surface area contributed by atoms with E-state index in [-0.39, 0.29) is 23.5 Å². The van der Waals surface area contributed by atoms with E-state index in [1.54, 1.807) is 36.4 Å². The summed E-state index contributed by atoms with van der Waals surface area (Å²) >= 11 is 0. The van der Waals surface area contributed by atoms with E-state index in [1.807, 2.05) is 12.1 Å². The number of carbonyl (C=O) groups excluding carboxylic acids is 2. The molecule has 1 saturated heterocycles. The van der Waals surface area contributed by atoms with Gasteiger partial charge in [-0.15, -0.1) is 0 Å². The molecule has 1 aliphatic heterocycles. The van der Waals surface area contributed by atoms with Crippen LogP contribution in [0.1, 0.15) is 30.1 Å². The lowest BCUT2D eigenvalue weighted by atomic mass is 10.0. The highest BCUT2D eigenvalue weighted by Gasteiger charge is 2.21. The van der Waals surface area contributed by atoms with Crippen LogP contribution in [0.2, 0.25) is 0 Å². The standard InChI is InChI=1S/C21H25N3O3/c1-15(25)16-5-4-6-18(13-16)23-21(27)14-24-11-9-17(10-12-24)22-19-7-2-3-8-20(19)26/h2-8,13,17,22,26H,9-12,14H2,1H3,(H,23,27). The first kappa shape index (κ1) is 18.9. The topological polar surface area (TPSA) is 81.7 Å². The summed E-state index contributed by atoms with van der Waals surface area (Å²) in [7, 11) is 0. The van der Waals surface area contributed by atoms with Crippen molar-refractivity contribution in [3.8, 4) is 5.75 Å². The van der Waals surface area contributed by atoms with Crippen LogP contribution in [-0.4, -0.2) is 47.4 Å². The number of piperidine rings is 1. The molecule has 1 aliphatic rings. The summed E-state index contributed by atoms with van der Waals surface area (Å²) in [6, 6.07) is 14.5. The molecule has 3 rings (SSSR count). The molecular weight excluding hydrogens is 342 g/mol. The molecule has 1 amide bonds. The summed E-state index contributed by atoms with van der Waals surface area (Å²) in [5.41, 5.74) is 1.98. The number of hydrogen-bond donors (Lipinski definition) is 3. The van der Waals surface area contributed by atoms with Crippen molar-refractivity contribution in [2.45, 2.75) is 25.8 Å². The van der Waals surface area contributed by atoms with Crippen molar-refractivity contribution in [3.63, 3.8) is 0 Å². The first-order valence-electron chi connectivity index (χ1n) is 9.19. The molecule has 6 heteroatoms. The van der Waals surface area contributed by atoms with E-state index in [1.165, 1.54) is 6.92 Å². The van der Waals surface area contributed by atoms with E-state index in [4.69, 9.17) is 0 Å². The summed E-state index contributed by atoms with van der Waals surface area (Å²) in [6.45, 7) is 3.46. The monoisotopic (exact) mass is 367 g/mol. The van der Waals surface area contributed by atoms with Gasteiger partial charge in [0.2, 0.25) is 5.91 Å². The van der Waals surface area contributed by atoms with Gasteiger partial charge in [-0.3, -0.25) is 14.5 Å². The number of phenolic OH excluding ortho intramolecular Hbond substituents is 1. The molecule has 2 aromatic carbocycles. The predicted octanol–water partition coefficient (Wildman–Crippen LogP) is 3.11. The van der Waals surface area contributed by atoms with Crippen LogP contribution in [0.5, 0.6) is 5.75 Å². The molecule has 0 radical (unpaired) electrons. The van der Waals surface area contributed by atoms with Crippen molar-refractivity contribution in [3.05, 3.63) is 54.1 Å². The first-order chi connectivity index (χ1) is 13.0. The highest BCUT2D eigenvalue weighted by Crippen LogP contribution is 2.25. The quantitative estimate of drug-likeness (QED) is 0.540. The van der Waals surface area contributed by atoms with Gasteiger partial charge >= 0.3 is 0 Å². The first-order valence-corrected chi connectivity index (χ1v) is 9.19. The zero-order chi connectivity index (χ0) is 19.2. The molecule has 1 heterocycles.